The Hall–Kier alpha value is -1.00. The Balaban J connectivity index is 2.51. The summed E-state index contributed by atoms with van der Waals surface area (Å²) in [4.78, 5) is 0. The highest BCUT2D eigenvalue weighted by atomic mass is 19.2. The topological polar surface area (TPSA) is 21.3 Å². The summed E-state index contributed by atoms with van der Waals surface area (Å²) in [6.45, 7) is 4.42. The van der Waals surface area contributed by atoms with Crippen LogP contribution in [-0.4, -0.2) is 19.3 Å². The number of methoxy groups -OCH3 is 1. The summed E-state index contributed by atoms with van der Waals surface area (Å²) in [6, 6.07) is 4.05. The van der Waals surface area contributed by atoms with Gasteiger partial charge in [-0.15, -0.1) is 0 Å². The smallest absolute Gasteiger partial charge is 0.159 e. The molecule has 1 aromatic carbocycles. The lowest BCUT2D eigenvalue weighted by atomic mass is 10.1. The number of nitrogens with one attached hydrogen (secondary N) is 1. The first-order valence-corrected chi connectivity index (χ1v) is 5.24. The average Bonchev–Trinajstić information content (AvgIpc) is 2.29. The van der Waals surface area contributed by atoms with Crippen LogP contribution in [0.2, 0.25) is 0 Å². The van der Waals surface area contributed by atoms with Crippen molar-refractivity contribution in [2.45, 2.75) is 32.5 Å². The molecule has 0 bridgehead atoms. The summed E-state index contributed by atoms with van der Waals surface area (Å²) < 4.78 is 30.7. The molecular formula is C12H17F2NO. The van der Waals surface area contributed by atoms with E-state index in [9.17, 15) is 8.78 Å². The molecule has 1 N–H and O–H groups in total. The monoisotopic (exact) mass is 229 g/mol. The van der Waals surface area contributed by atoms with Crippen LogP contribution in [0.25, 0.3) is 0 Å². The molecule has 0 aromatic heterocycles. The second-order valence-electron chi connectivity index (χ2n) is 3.86. The SMILES string of the molecule is COC(C)C(C)NCc1ccc(F)c(F)c1. The van der Waals surface area contributed by atoms with Gasteiger partial charge in [-0.25, -0.2) is 8.78 Å². The van der Waals surface area contributed by atoms with Crippen molar-refractivity contribution in [2.24, 2.45) is 0 Å². The molecule has 2 nitrogen and oxygen atoms in total. The summed E-state index contributed by atoms with van der Waals surface area (Å²) in [5.74, 6) is -1.63. The first-order chi connectivity index (χ1) is 7.54. The first kappa shape index (κ1) is 13.1. The molecule has 0 fully saturated rings. The molecule has 0 spiro atoms. The van der Waals surface area contributed by atoms with Gasteiger partial charge in [0.05, 0.1) is 6.10 Å². The Morgan fingerprint density at radius 1 is 1.25 bits per heavy atom. The van der Waals surface area contributed by atoms with Gasteiger partial charge in [0.1, 0.15) is 0 Å². The van der Waals surface area contributed by atoms with E-state index in [2.05, 4.69) is 5.32 Å². The Kier molecular flexibility index (Phi) is 4.83. The summed E-state index contributed by atoms with van der Waals surface area (Å²) >= 11 is 0. The van der Waals surface area contributed by atoms with Crippen molar-refractivity contribution in [3.8, 4) is 0 Å². The molecule has 90 valence electrons. The molecule has 0 radical (unpaired) electrons. The second-order valence-corrected chi connectivity index (χ2v) is 3.86. The van der Waals surface area contributed by atoms with Gasteiger partial charge >= 0.3 is 0 Å². The highest BCUT2D eigenvalue weighted by Gasteiger charge is 2.10. The fraction of sp³-hybridized carbons (Fsp3) is 0.500. The van der Waals surface area contributed by atoms with Crippen LogP contribution in [0, 0.1) is 11.6 Å². The van der Waals surface area contributed by atoms with Crippen LogP contribution in [-0.2, 0) is 11.3 Å². The minimum Gasteiger partial charge on any atom is -0.380 e. The van der Waals surface area contributed by atoms with Gasteiger partial charge in [0.25, 0.3) is 0 Å². The molecule has 0 saturated heterocycles. The number of hydrogen-bond donors (Lipinski definition) is 1. The predicted molar refractivity (Wildman–Crippen MR) is 59.1 cm³/mol. The van der Waals surface area contributed by atoms with Gasteiger partial charge in [-0.1, -0.05) is 6.07 Å². The first-order valence-electron chi connectivity index (χ1n) is 5.24. The van der Waals surface area contributed by atoms with Gasteiger partial charge in [-0.05, 0) is 31.5 Å². The molecule has 0 saturated carbocycles. The Labute approximate surface area is 94.6 Å². The molecule has 0 heterocycles. The lowest BCUT2D eigenvalue weighted by Gasteiger charge is -2.19. The number of rotatable bonds is 5. The fourth-order valence-corrected chi connectivity index (χ4v) is 1.30. The van der Waals surface area contributed by atoms with E-state index < -0.39 is 11.6 Å². The van der Waals surface area contributed by atoms with Crippen LogP contribution in [0.1, 0.15) is 19.4 Å². The summed E-state index contributed by atoms with van der Waals surface area (Å²) in [5, 5.41) is 3.18. The molecule has 2 unspecified atom stereocenters. The van der Waals surface area contributed by atoms with E-state index in [0.29, 0.717) is 12.1 Å². The Morgan fingerprint density at radius 2 is 1.94 bits per heavy atom. The zero-order valence-corrected chi connectivity index (χ0v) is 9.76. The maximum Gasteiger partial charge on any atom is 0.159 e. The van der Waals surface area contributed by atoms with Crippen molar-refractivity contribution >= 4 is 0 Å². The fourth-order valence-electron chi connectivity index (χ4n) is 1.30. The molecule has 2 atom stereocenters. The van der Waals surface area contributed by atoms with Crippen molar-refractivity contribution in [3.63, 3.8) is 0 Å². The summed E-state index contributed by atoms with van der Waals surface area (Å²) in [6.07, 6.45) is 0.0743. The van der Waals surface area contributed by atoms with Crippen LogP contribution in [0.5, 0.6) is 0 Å². The third-order valence-electron chi connectivity index (χ3n) is 2.69. The van der Waals surface area contributed by atoms with Gasteiger partial charge in [0.2, 0.25) is 0 Å². The van der Waals surface area contributed by atoms with E-state index in [1.54, 1.807) is 13.2 Å². The van der Waals surface area contributed by atoms with E-state index in [-0.39, 0.29) is 12.1 Å². The highest BCUT2D eigenvalue weighted by molar-refractivity contribution is 5.17. The molecule has 4 heteroatoms. The van der Waals surface area contributed by atoms with E-state index in [1.807, 2.05) is 13.8 Å². The van der Waals surface area contributed by atoms with Crippen LogP contribution in [0.15, 0.2) is 18.2 Å². The molecule has 0 aliphatic rings. The summed E-state index contributed by atoms with van der Waals surface area (Å²) in [7, 11) is 1.64. The zero-order chi connectivity index (χ0) is 12.1. The van der Waals surface area contributed by atoms with Crippen LogP contribution < -0.4 is 5.32 Å². The zero-order valence-electron chi connectivity index (χ0n) is 9.76. The predicted octanol–water partition coefficient (Wildman–Crippen LogP) is 2.48. The molecule has 0 amide bonds. The quantitative estimate of drug-likeness (QED) is 0.837. The number of ether oxygens (including phenoxy) is 1. The van der Waals surface area contributed by atoms with Gasteiger partial charge in [0, 0.05) is 19.7 Å². The number of benzene rings is 1. The summed E-state index contributed by atoms with van der Waals surface area (Å²) in [5.41, 5.74) is 0.717. The van der Waals surface area contributed by atoms with E-state index in [1.165, 1.54) is 6.07 Å². The molecule has 1 aromatic rings. The van der Waals surface area contributed by atoms with E-state index in [0.717, 1.165) is 6.07 Å². The van der Waals surface area contributed by atoms with Crippen molar-refractivity contribution in [2.75, 3.05) is 7.11 Å². The van der Waals surface area contributed by atoms with Crippen LogP contribution >= 0.6 is 0 Å². The number of hydrogen-bond acceptors (Lipinski definition) is 2. The third-order valence-corrected chi connectivity index (χ3v) is 2.69. The maximum absolute atomic E-state index is 12.9. The van der Waals surface area contributed by atoms with Gasteiger partial charge in [0.15, 0.2) is 11.6 Å². The normalized spacial score (nSPS) is 14.8. The molecular weight excluding hydrogens is 212 g/mol. The van der Waals surface area contributed by atoms with E-state index in [4.69, 9.17) is 4.74 Å². The van der Waals surface area contributed by atoms with Crippen LogP contribution in [0.3, 0.4) is 0 Å². The molecule has 0 aliphatic heterocycles. The Morgan fingerprint density at radius 3 is 2.50 bits per heavy atom. The van der Waals surface area contributed by atoms with Gasteiger partial charge in [-0.3, -0.25) is 0 Å². The van der Waals surface area contributed by atoms with Gasteiger partial charge < -0.3 is 10.1 Å². The van der Waals surface area contributed by atoms with Crippen LogP contribution in [0.4, 0.5) is 8.78 Å². The minimum absolute atomic E-state index is 0.0743. The lowest BCUT2D eigenvalue weighted by Crippen LogP contribution is -2.36. The van der Waals surface area contributed by atoms with Crippen molar-refractivity contribution in [1.82, 2.24) is 5.32 Å². The molecule has 16 heavy (non-hydrogen) atoms. The number of halogens is 2. The Bertz CT molecular complexity index is 344. The maximum atomic E-state index is 12.9. The highest BCUT2D eigenvalue weighted by Crippen LogP contribution is 2.09. The lowest BCUT2D eigenvalue weighted by molar-refractivity contribution is 0.0882. The molecule has 1 rings (SSSR count). The molecule has 0 aliphatic carbocycles. The van der Waals surface area contributed by atoms with Crippen molar-refractivity contribution in [3.05, 3.63) is 35.4 Å². The third kappa shape index (κ3) is 3.54. The largest absolute Gasteiger partial charge is 0.380 e. The second kappa shape index (κ2) is 5.92. The van der Waals surface area contributed by atoms with Crippen molar-refractivity contribution < 1.29 is 13.5 Å². The van der Waals surface area contributed by atoms with Gasteiger partial charge in [-0.2, -0.15) is 0 Å². The standard InChI is InChI=1S/C12H17F2NO/c1-8(9(2)16-3)15-7-10-4-5-11(13)12(14)6-10/h4-6,8-9,15H,7H2,1-3H3. The van der Waals surface area contributed by atoms with Crippen molar-refractivity contribution in [1.29, 1.82) is 0 Å². The minimum atomic E-state index is -0.818. The van der Waals surface area contributed by atoms with E-state index >= 15 is 0 Å². The average molecular weight is 229 g/mol.